The van der Waals surface area contributed by atoms with Gasteiger partial charge in [-0.05, 0) is 73.2 Å². The minimum absolute atomic E-state index is 0.0114. The maximum Gasteiger partial charge on any atom is 0.416 e. The Morgan fingerprint density at radius 1 is 1.02 bits per heavy atom. The number of hydrogen-bond acceptors (Lipinski definition) is 9. The van der Waals surface area contributed by atoms with Crippen LogP contribution < -0.4 is 4.90 Å². The summed E-state index contributed by atoms with van der Waals surface area (Å²) >= 11 is 1.52. The van der Waals surface area contributed by atoms with Crippen LogP contribution in [0.1, 0.15) is 112 Å². The summed E-state index contributed by atoms with van der Waals surface area (Å²) in [5.41, 5.74) is 0.309. The number of carboxylic acids is 1. The van der Waals surface area contributed by atoms with Crippen molar-refractivity contribution in [3.05, 3.63) is 76.4 Å². The van der Waals surface area contributed by atoms with Gasteiger partial charge in [0, 0.05) is 61.5 Å². The van der Waals surface area contributed by atoms with Crippen LogP contribution in [0.25, 0.3) is 0 Å². The number of halogens is 5. The second-order valence-electron chi connectivity index (χ2n) is 17.0. The van der Waals surface area contributed by atoms with Crippen molar-refractivity contribution in [3.8, 4) is 0 Å². The molecule has 19 heteroatoms. The third-order valence-electron chi connectivity index (χ3n) is 12.0. The standard InChI is InChI=1S/C40H49F3N7O4S.C3H4F2O2.C2H6/c1-4-55-35-19-29(39(24-54-25-39)20-34-46-44-26-47(34)3)18-33(45-35)49-21-31-30(38(49)53)16-28(17-32(31)40(41,42)43)23-50(15-9-10-27(2)22-50)14-8-6-5-7-13-48-36(51)11-12-37(48)52;1-3(4,5)2(6)7;1-2/h11-12,16-19,26-27H,4-10,13-15,20-25H2,1-3H3;1H3,(H,6,7);1-2H3/q+1;;/t27-,50?;;/m0../s1. The molecule has 64 heavy (non-hydrogen) atoms. The van der Waals surface area contributed by atoms with Crippen LogP contribution in [0.2, 0.25) is 0 Å². The van der Waals surface area contributed by atoms with E-state index in [0.717, 1.165) is 68.9 Å². The number of aryl methyl sites for hydroxylation is 1. The van der Waals surface area contributed by atoms with E-state index in [2.05, 4.69) is 17.1 Å². The predicted molar refractivity (Wildman–Crippen MR) is 231 cm³/mol. The van der Waals surface area contributed by atoms with Crippen LogP contribution in [0.15, 0.2) is 47.8 Å². The fourth-order valence-corrected chi connectivity index (χ4v) is 9.46. The number of anilines is 1. The van der Waals surface area contributed by atoms with Gasteiger partial charge in [0.1, 0.15) is 24.5 Å². The molecule has 4 aliphatic rings. The molecule has 3 aromatic rings. The zero-order chi connectivity index (χ0) is 47.0. The molecule has 2 atom stereocenters. The molecule has 0 radical (unpaired) electrons. The van der Waals surface area contributed by atoms with Crippen LogP contribution in [0.4, 0.5) is 27.8 Å². The first-order valence-electron chi connectivity index (χ1n) is 21.8. The zero-order valence-electron chi connectivity index (χ0n) is 37.3. The summed E-state index contributed by atoms with van der Waals surface area (Å²) in [6, 6.07) is 6.81. The number of ether oxygens (including phenoxy) is 1. The van der Waals surface area contributed by atoms with Crippen molar-refractivity contribution in [3.63, 3.8) is 0 Å². The molecule has 0 saturated carbocycles. The van der Waals surface area contributed by atoms with E-state index >= 15 is 0 Å². The highest BCUT2D eigenvalue weighted by Gasteiger charge is 2.45. The fraction of sp³-hybridized carbons (Fsp3) is 0.578. The number of unbranched alkanes of at least 4 members (excludes halogenated alkanes) is 3. The van der Waals surface area contributed by atoms with Gasteiger partial charge in [-0.2, -0.15) is 22.0 Å². The Kier molecular flexibility index (Phi) is 16.5. The molecular formula is C45H59F5N7O6S+. The average Bonchev–Trinajstić information content (AvgIpc) is 3.89. The number of amides is 3. The smallest absolute Gasteiger partial charge is 0.416 e. The van der Waals surface area contributed by atoms with Gasteiger partial charge < -0.3 is 18.9 Å². The number of hydrogen-bond donors (Lipinski definition) is 1. The van der Waals surface area contributed by atoms with Crippen LogP contribution in [0.5, 0.6) is 0 Å². The number of imide groups is 1. The molecular weight excluding hydrogens is 862 g/mol. The lowest BCUT2D eigenvalue weighted by atomic mass is 9.76. The number of quaternary nitrogens is 1. The number of benzene rings is 1. The molecule has 2 aromatic heterocycles. The predicted octanol–water partition coefficient (Wildman–Crippen LogP) is 8.00. The van der Waals surface area contributed by atoms with E-state index in [0.29, 0.717) is 72.9 Å². The van der Waals surface area contributed by atoms with Gasteiger partial charge in [0.25, 0.3) is 17.7 Å². The van der Waals surface area contributed by atoms with E-state index < -0.39 is 35.0 Å². The number of fused-ring (bicyclic) bond motifs is 1. The van der Waals surface area contributed by atoms with Gasteiger partial charge >= 0.3 is 18.1 Å². The first kappa shape index (κ1) is 50.3. The van der Waals surface area contributed by atoms with Crippen molar-refractivity contribution in [1.82, 2.24) is 24.6 Å². The summed E-state index contributed by atoms with van der Waals surface area (Å²) in [6.07, 6.45) is 5.52. The van der Waals surface area contributed by atoms with E-state index in [4.69, 9.17) is 14.8 Å². The molecule has 1 aromatic carbocycles. The first-order valence-corrected chi connectivity index (χ1v) is 22.8. The molecule has 3 amide bonds. The van der Waals surface area contributed by atoms with Crippen molar-refractivity contribution in [2.24, 2.45) is 13.0 Å². The Balaban J connectivity index is 0.000000782. The third kappa shape index (κ3) is 11.9. The van der Waals surface area contributed by atoms with Crippen LogP contribution in [-0.4, -0.2) is 109 Å². The Morgan fingerprint density at radius 2 is 1.69 bits per heavy atom. The molecule has 350 valence electrons. The number of piperidine rings is 1. The third-order valence-corrected chi connectivity index (χ3v) is 12.8. The van der Waals surface area contributed by atoms with E-state index in [1.165, 1.54) is 39.8 Å². The maximum absolute atomic E-state index is 14.9. The topological polar surface area (TPSA) is 148 Å². The van der Waals surface area contributed by atoms with Crippen molar-refractivity contribution >= 4 is 41.3 Å². The Morgan fingerprint density at radius 3 is 2.25 bits per heavy atom. The normalized spacial score (nSPS) is 20.4. The molecule has 2 fully saturated rings. The van der Waals surface area contributed by atoms with Crippen LogP contribution in [-0.2, 0) is 57.3 Å². The Bertz CT molecular complexity index is 2170. The van der Waals surface area contributed by atoms with E-state index in [-0.39, 0.29) is 29.5 Å². The zero-order valence-corrected chi connectivity index (χ0v) is 38.2. The highest BCUT2D eigenvalue weighted by molar-refractivity contribution is 7.99. The average molecular weight is 921 g/mol. The summed E-state index contributed by atoms with van der Waals surface area (Å²) in [7, 11) is 1.88. The van der Waals surface area contributed by atoms with Gasteiger partial charge in [-0.25, -0.2) is 9.78 Å². The molecule has 4 aliphatic heterocycles. The van der Waals surface area contributed by atoms with Crippen LogP contribution in [0, 0.1) is 5.92 Å². The van der Waals surface area contributed by atoms with E-state index in [9.17, 15) is 41.1 Å². The minimum atomic E-state index is -4.65. The molecule has 13 nitrogen and oxygen atoms in total. The second-order valence-corrected chi connectivity index (χ2v) is 18.3. The number of carbonyl (C=O) groups is 4. The summed E-state index contributed by atoms with van der Waals surface area (Å²) in [4.78, 5) is 54.8. The lowest BCUT2D eigenvalue weighted by Gasteiger charge is -2.44. The minimum Gasteiger partial charge on any atom is -0.477 e. The summed E-state index contributed by atoms with van der Waals surface area (Å²) < 4.78 is 75.5. The van der Waals surface area contributed by atoms with Gasteiger partial charge in [-0.1, -0.05) is 34.1 Å². The summed E-state index contributed by atoms with van der Waals surface area (Å²) in [5, 5.41) is 16.5. The highest BCUT2D eigenvalue weighted by Crippen LogP contribution is 2.43. The maximum atomic E-state index is 14.9. The molecule has 2 saturated heterocycles. The molecule has 6 heterocycles. The number of nitrogens with zero attached hydrogens (tertiary/aromatic N) is 7. The molecule has 1 unspecified atom stereocenters. The second kappa shape index (κ2) is 21.0. The molecule has 0 spiro atoms. The number of thioether (sulfide) groups is 1. The number of carbonyl (C=O) groups excluding carboxylic acids is 3. The Labute approximate surface area is 375 Å². The first-order chi connectivity index (χ1) is 30.2. The quantitative estimate of drug-likeness (QED) is 0.0493. The van der Waals surface area contributed by atoms with Gasteiger partial charge in [0.05, 0.1) is 50.0 Å². The van der Waals surface area contributed by atoms with Crippen molar-refractivity contribution in [2.45, 2.75) is 115 Å². The summed E-state index contributed by atoms with van der Waals surface area (Å²) in [5.74, 6) is -4.43. The van der Waals surface area contributed by atoms with Gasteiger partial charge in [-0.15, -0.1) is 22.0 Å². The number of rotatable bonds is 16. The fourth-order valence-electron chi connectivity index (χ4n) is 8.80. The van der Waals surface area contributed by atoms with Gasteiger partial charge in [0.15, 0.2) is 0 Å². The van der Waals surface area contributed by atoms with Gasteiger partial charge in [-0.3, -0.25) is 24.2 Å². The largest absolute Gasteiger partial charge is 0.477 e. The van der Waals surface area contributed by atoms with Crippen molar-refractivity contribution in [1.29, 1.82) is 0 Å². The molecule has 0 aliphatic carbocycles. The highest BCUT2D eigenvalue weighted by atomic mass is 32.2. The number of carboxylic acid groups (broad SMARTS) is 1. The molecule has 7 rings (SSSR count). The Hall–Kier alpha value is -4.75. The SMILES string of the molecule is CC.CC(F)(F)C(=O)O.CCSc1cc(C2(Cc3nncn3C)COC2)cc(N2Cc3c(cc(C[N+]4(CCCCCCN5C(=O)C=CC5=O)CCC[C@H](C)C4)cc3C(F)(F)F)C2=O)n1. The van der Waals surface area contributed by atoms with Crippen LogP contribution in [0.3, 0.4) is 0 Å². The lowest BCUT2D eigenvalue weighted by molar-refractivity contribution is -0.948. The van der Waals surface area contributed by atoms with E-state index in [1.54, 1.807) is 12.4 Å². The van der Waals surface area contributed by atoms with Crippen LogP contribution >= 0.6 is 11.8 Å². The number of pyridine rings is 1. The number of aromatic nitrogens is 4. The lowest BCUT2D eigenvalue weighted by Crippen LogP contribution is -2.53. The molecule has 1 N–H and O–H groups in total. The number of aliphatic carboxylic acids is 1. The van der Waals surface area contributed by atoms with E-state index in [1.807, 2.05) is 44.5 Å². The number of likely N-dealkylation sites (tertiary alicyclic amines) is 1. The number of alkyl halides is 5. The van der Waals surface area contributed by atoms with Gasteiger partial charge in [0.2, 0.25) is 0 Å². The molecule has 0 bridgehead atoms. The van der Waals surface area contributed by atoms with Crippen molar-refractivity contribution in [2.75, 3.05) is 50.0 Å². The monoisotopic (exact) mass is 920 g/mol. The van der Waals surface area contributed by atoms with Crippen molar-refractivity contribution < 1.29 is 55.5 Å². The summed E-state index contributed by atoms with van der Waals surface area (Å²) in [6.45, 7) is 12.5.